The highest BCUT2D eigenvalue weighted by molar-refractivity contribution is 9.10. The number of nitrogen functional groups attached to an aromatic ring is 1. The van der Waals surface area contributed by atoms with E-state index in [1.54, 1.807) is 6.20 Å². The van der Waals surface area contributed by atoms with Gasteiger partial charge in [0, 0.05) is 22.2 Å². The van der Waals surface area contributed by atoms with Gasteiger partial charge in [-0.25, -0.2) is 9.97 Å². The number of aromatic nitrogens is 3. The minimum atomic E-state index is -0.0683. The molecule has 0 atom stereocenters. The lowest BCUT2D eigenvalue weighted by Gasteiger charge is -2.18. The smallest absolute Gasteiger partial charge is 0.180 e. The van der Waals surface area contributed by atoms with E-state index in [4.69, 9.17) is 5.73 Å². The first kappa shape index (κ1) is 13.0. The maximum atomic E-state index is 5.84. The molecule has 0 saturated carbocycles. The molecule has 0 spiro atoms. The number of rotatable bonds is 1. The first-order valence-corrected chi connectivity index (χ1v) is 6.42. The highest BCUT2D eigenvalue weighted by Crippen LogP contribution is 2.24. The van der Waals surface area contributed by atoms with Gasteiger partial charge in [0.25, 0.3) is 0 Å². The van der Waals surface area contributed by atoms with E-state index in [1.165, 1.54) is 0 Å². The third-order valence-electron chi connectivity index (χ3n) is 2.47. The summed E-state index contributed by atoms with van der Waals surface area (Å²) in [6, 6.07) is 5.58. The molecule has 4 nitrogen and oxygen atoms in total. The summed E-state index contributed by atoms with van der Waals surface area (Å²) in [4.78, 5) is 13.1. The van der Waals surface area contributed by atoms with E-state index in [-0.39, 0.29) is 5.41 Å². The Hall–Kier alpha value is -1.49. The molecular formula is C13H15BrN4. The van der Waals surface area contributed by atoms with Gasteiger partial charge < -0.3 is 5.73 Å². The summed E-state index contributed by atoms with van der Waals surface area (Å²) in [6.07, 6.45) is 1.72. The molecule has 2 N–H and O–H groups in total. The number of halogens is 1. The van der Waals surface area contributed by atoms with Crippen LogP contribution in [0.3, 0.4) is 0 Å². The van der Waals surface area contributed by atoms with Crippen LogP contribution in [0.5, 0.6) is 0 Å². The van der Waals surface area contributed by atoms with Crippen molar-refractivity contribution in [2.45, 2.75) is 26.2 Å². The van der Waals surface area contributed by atoms with Crippen molar-refractivity contribution in [3.63, 3.8) is 0 Å². The van der Waals surface area contributed by atoms with E-state index in [0.717, 1.165) is 15.9 Å². The largest absolute Gasteiger partial charge is 0.384 e. The van der Waals surface area contributed by atoms with Crippen molar-refractivity contribution < 1.29 is 0 Å². The molecule has 0 bridgehead atoms. The fourth-order valence-electron chi connectivity index (χ4n) is 1.47. The van der Waals surface area contributed by atoms with Gasteiger partial charge in [-0.1, -0.05) is 20.8 Å². The molecule has 2 rings (SSSR count). The third-order valence-corrected chi connectivity index (χ3v) is 2.94. The predicted octanol–water partition coefficient (Wildman–Crippen LogP) is 3.18. The van der Waals surface area contributed by atoms with Crippen LogP contribution in [0.25, 0.3) is 11.5 Å². The first-order valence-electron chi connectivity index (χ1n) is 5.63. The lowest BCUT2D eigenvalue weighted by molar-refractivity contribution is 0.568. The lowest BCUT2D eigenvalue weighted by Crippen LogP contribution is -2.15. The summed E-state index contributed by atoms with van der Waals surface area (Å²) in [6.45, 7) is 6.27. The molecule has 0 aliphatic carbocycles. The zero-order valence-corrected chi connectivity index (χ0v) is 12.2. The van der Waals surface area contributed by atoms with Gasteiger partial charge in [-0.3, -0.25) is 4.98 Å². The molecule has 5 heteroatoms. The van der Waals surface area contributed by atoms with Crippen molar-refractivity contribution in [3.05, 3.63) is 34.6 Å². The minimum absolute atomic E-state index is 0.0683. The summed E-state index contributed by atoms with van der Waals surface area (Å²) in [5.41, 5.74) is 7.40. The van der Waals surface area contributed by atoms with Crippen molar-refractivity contribution in [1.29, 1.82) is 0 Å². The van der Waals surface area contributed by atoms with E-state index in [0.29, 0.717) is 11.6 Å². The molecule has 0 saturated heterocycles. The maximum absolute atomic E-state index is 5.84. The topological polar surface area (TPSA) is 64.7 Å². The van der Waals surface area contributed by atoms with Crippen LogP contribution in [-0.2, 0) is 5.41 Å². The monoisotopic (exact) mass is 306 g/mol. The first-order chi connectivity index (χ1) is 8.36. The quantitative estimate of drug-likeness (QED) is 0.879. The van der Waals surface area contributed by atoms with Gasteiger partial charge in [0.05, 0.1) is 5.69 Å². The number of anilines is 1. The number of hydrogen-bond acceptors (Lipinski definition) is 4. The van der Waals surface area contributed by atoms with Gasteiger partial charge in [0.15, 0.2) is 5.82 Å². The Balaban J connectivity index is 2.52. The summed E-state index contributed by atoms with van der Waals surface area (Å²) in [7, 11) is 0. The van der Waals surface area contributed by atoms with Crippen LogP contribution in [0.4, 0.5) is 5.82 Å². The third kappa shape index (κ3) is 2.85. The van der Waals surface area contributed by atoms with Crippen LogP contribution in [0, 0.1) is 0 Å². The van der Waals surface area contributed by atoms with Crippen molar-refractivity contribution >= 4 is 21.7 Å². The van der Waals surface area contributed by atoms with Crippen LogP contribution in [-0.4, -0.2) is 15.0 Å². The van der Waals surface area contributed by atoms with Crippen molar-refractivity contribution in [1.82, 2.24) is 15.0 Å². The Kier molecular flexibility index (Phi) is 3.34. The second kappa shape index (κ2) is 4.65. The fourth-order valence-corrected chi connectivity index (χ4v) is 1.71. The second-order valence-electron chi connectivity index (χ2n) is 5.11. The van der Waals surface area contributed by atoms with Gasteiger partial charge in [-0.15, -0.1) is 0 Å². The molecule has 2 heterocycles. The number of nitrogens with zero attached hydrogens (tertiary/aromatic N) is 3. The van der Waals surface area contributed by atoms with Crippen LogP contribution >= 0.6 is 15.9 Å². The van der Waals surface area contributed by atoms with Crippen molar-refractivity contribution in [2.24, 2.45) is 0 Å². The Morgan fingerprint density at radius 3 is 2.44 bits per heavy atom. The molecule has 0 aliphatic heterocycles. The Morgan fingerprint density at radius 1 is 1.17 bits per heavy atom. The summed E-state index contributed by atoms with van der Waals surface area (Å²) >= 11 is 3.35. The van der Waals surface area contributed by atoms with Crippen molar-refractivity contribution in [3.8, 4) is 11.5 Å². The summed E-state index contributed by atoms with van der Waals surface area (Å²) in [5.74, 6) is 1.03. The molecule has 0 aliphatic rings. The summed E-state index contributed by atoms with van der Waals surface area (Å²) < 4.78 is 0.922. The van der Waals surface area contributed by atoms with E-state index < -0.39 is 0 Å². The molecule has 0 radical (unpaired) electrons. The van der Waals surface area contributed by atoms with Crippen LogP contribution < -0.4 is 5.73 Å². The van der Waals surface area contributed by atoms with Crippen LogP contribution in [0.15, 0.2) is 28.9 Å². The average molecular weight is 307 g/mol. The molecule has 0 unspecified atom stereocenters. The van der Waals surface area contributed by atoms with Crippen LogP contribution in [0.2, 0.25) is 0 Å². The molecule has 0 amide bonds. The molecule has 94 valence electrons. The lowest BCUT2D eigenvalue weighted by atomic mass is 9.92. The van der Waals surface area contributed by atoms with Crippen LogP contribution in [0.1, 0.15) is 26.5 Å². The van der Waals surface area contributed by atoms with Gasteiger partial charge in [-0.05, 0) is 28.1 Å². The minimum Gasteiger partial charge on any atom is -0.384 e. The Bertz CT molecular complexity index is 558. The maximum Gasteiger partial charge on any atom is 0.180 e. The Morgan fingerprint density at radius 2 is 1.89 bits per heavy atom. The SMILES string of the molecule is CC(C)(C)c1cc(N)nc(-c2ccc(Br)cn2)n1. The van der Waals surface area contributed by atoms with Gasteiger partial charge in [-0.2, -0.15) is 0 Å². The molecule has 2 aromatic rings. The highest BCUT2D eigenvalue weighted by Gasteiger charge is 2.18. The van der Waals surface area contributed by atoms with Gasteiger partial charge in [0.1, 0.15) is 11.5 Å². The van der Waals surface area contributed by atoms with Gasteiger partial charge in [0.2, 0.25) is 0 Å². The van der Waals surface area contributed by atoms with E-state index in [2.05, 4.69) is 51.7 Å². The summed E-state index contributed by atoms with van der Waals surface area (Å²) in [5, 5.41) is 0. The average Bonchev–Trinajstić information content (AvgIpc) is 2.28. The zero-order valence-electron chi connectivity index (χ0n) is 10.6. The number of pyridine rings is 1. The molecule has 0 aromatic carbocycles. The van der Waals surface area contributed by atoms with E-state index >= 15 is 0 Å². The molecule has 18 heavy (non-hydrogen) atoms. The highest BCUT2D eigenvalue weighted by atomic mass is 79.9. The van der Waals surface area contributed by atoms with Crippen molar-refractivity contribution in [2.75, 3.05) is 5.73 Å². The zero-order chi connectivity index (χ0) is 13.3. The number of hydrogen-bond donors (Lipinski definition) is 1. The standard InChI is InChI=1S/C13H15BrN4/c1-13(2,3)10-6-11(15)18-12(17-10)9-5-4-8(14)7-16-9/h4-7H,1-3H3,(H2,15,17,18). The Labute approximate surface area is 115 Å². The van der Waals surface area contributed by atoms with Gasteiger partial charge >= 0.3 is 0 Å². The second-order valence-corrected chi connectivity index (χ2v) is 6.03. The molecule has 0 fully saturated rings. The number of nitrogens with two attached hydrogens (primary N) is 1. The molecule has 2 aromatic heterocycles. The van der Waals surface area contributed by atoms with E-state index in [9.17, 15) is 0 Å². The normalized spacial score (nSPS) is 11.6. The fraction of sp³-hybridized carbons (Fsp3) is 0.308. The molecular weight excluding hydrogens is 292 g/mol. The van der Waals surface area contributed by atoms with E-state index in [1.807, 2.05) is 18.2 Å². The predicted molar refractivity (Wildman–Crippen MR) is 76.1 cm³/mol.